The van der Waals surface area contributed by atoms with Crippen molar-refractivity contribution < 1.29 is 14.3 Å². The van der Waals surface area contributed by atoms with Crippen molar-refractivity contribution in [3.63, 3.8) is 0 Å². The Hall–Kier alpha value is -2.89. The molecule has 2 heterocycles. The zero-order valence-corrected chi connectivity index (χ0v) is 23.7. The number of carbonyl (C=O) groups is 2. The Morgan fingerprint density at radius 1 is 1.24 bits per heavy atom. The number of nitrogens with zero attached hydrogens (tertiary/aromatic N) is 2. The van der Waals surface area contributed by atoms with Gasteiger partial charge in [0.2, 0.25) is 0 Å². The minimum absolute atomic E-state index is 0.0171. The number of hydrogen-bond donors (Lipinski definition) is 1. The van der Waals surface area contributed by atoms with Crippen LogP contribution >= 0.6 is 27.3 Å². The molecule has 8 heteroatoms. The molecule has 0 saturated heterocycles. The number of allylic oxidation sites excluding steroid dienone is 3. The molecule has 1 aromatic carbocycles. The van der Waals surface area contributed by atoms with Gasteiger partial charge in [-0.2, -0.15) is 5.26 Å². The van der Waals surface area contributed by atoms with Gasteiger partial charge < -0.3 is 10.5 Å². The number of halogens is 1. The molecule has 192 valence electrons. The Bertz CT molecular complexity index is 1390. The zero-order valence-electron chi connectivity index (χ0n) is 21.3. The molecule has 0 amide bonds. The van der Waals surface area contributed by atoms with Crippen molar-refractivity contribution in [3.05, 3.63) is 73.0 Å². The third-order valence-corrected chi connectivity index (χ3v) is 9.23. The maximum absolute atomic E-state index is 13.8. The van der Waals surface area contributed by atoms with Crippen LogP contribution in [0.2, 0.25) is 0 Å². The van der Waals surface area contributed by atoms with Crippen LogP contribution in [-0.2, 0) is 22.4 Å². The first-order chi connectivity index (χ1) is 17.7. The summed E-state index contributed by atoms with van der Waals surface area (Å²) in [6, 6.07) is 10.0. The summed E-state index contributed by atoms with van der Waals surface area (Å²) in [7, 11) is 0. The van der Waals surface area contributed by atoms with Gasteiger partial charge in [-0.05, 0) is 67.7 Å². The van der Waals surface area contributed by atoms with E-state index in [4.69, 9.17) is 10.5 Å². The number of anilines is 1. The molecule has 2 N–H and O–H groups in total. The molecule has 1 aliphatic heterocycles. The fourth-order valence-corrected chi connectivity index (χ4v) is 7.53. The molecule has 6 nitrogen and oxygen atoms in total. The minimum atomic E-state index is -0.548. The summed E-state index contributed by atoms with van der Waals surface area (Å²) in [6.07, 6.45) is 4.76. The Labute approximate surface area is 229 Å². The number of esters is 1. The first-order valence-electron chi connectivity index (χ1n) is 12.7. The SMILES string of the molecule is CCOC(=O)c1c(N2C(N)=C(C#N)C(c3ccc(Br)cc3)C3=C2CC(C)(C)CC3=O)sc2c1CCCC2. The van der Waals surface area contributed by atoms with Gasteiger partial charge in [-0.25, -0.2) is 4.79 Å². The monoisotopic (exact) mass is 579 g/mol. The van der Waals surface area contributed by atoms with Crippen molar-refractivity contribution in [1.29, 1.82) is 5.26 Å². The highest BCUT2D eigenvalue weighted by molar-refractivity contribution is 9.10. The predicted molar refractivity (Wildman–Crippen MR) is 148 cm³/mol. The van der Waals surface area contributed by atoms with Crippen molar-refractivity contribution >= 4 is 44.0 Å². The molecule has 0 saturated carbocycles. The summed E-state index contributed by atoms with van der Waals surface area (Å²) in [5.41, 5.74) is 10.7. The molecule has 2 aliphatic carbocycles. The van der Waals surface area contributed by atoms with Crippen molar-refractivity contribution in [2.75, 3.05) is 11.5 Å². The normalized spacial score (nSPS) is 20.9. The smallest absolute Gasteiger partial charge is 0.341 e. The predicted octanol–water partition coefficient (Wildman–Crippen LogP) is 6.51. The summed E-state index contributed by atoms with van der Waals surface area (Å²) in [4.78, 5) is 30.1. The number of ether oxygens (including phenoxy) is 1. The molecule has 1 aromatic heterocycles. The van der Waals surface area contributed by atoms with Gasteiger partial charge in [-0.1, -0.05) is 41.9 Å². The maximum Gasteiger partial charge on any atom is 0.341 e. The van der Waals surface area contributed by atoms with Crippen LogP contribution in [0, 0.1) is 16.7 Å². The molecule has 0 radical (unpaired) electrons. The Balaban J connectivity index is 1.79. The zero-order chi connectivity index (χ0) is 26.5. The van der Waals surface area contributed by atoms with Crippen molar-refractivity contribution in [2.24, 2.45) is 11.1 Å². The number of ketones is 1. The lowest BCUT2D eigenvalue weighted by Crippen LogP contribution is -2.42. The van der Waals surface area contributed by atoms with Crippen LogP contribution in [0.15, 0.2) is 51.4 Å². The van der Waals surface area contributed by atoms with Gasteiger partial charge >= 0.3 is 5.97 Å². The summed E-state index contributed by atoms with van der Waals surface area (Å²) >= 11 is 5.02. The number of benzene rings is 1. The summed E-state index contributed by atoms with van der Waals surface area (Å²) in [5.74, 6) is -0.623. The van der Waals surface area contributed by atoms with Crippen LogP contribution in [0.1, 0.15) is 78.7 Å². The Morgan fingerprint density at radius 3 is 2.62 bits per heavy atom. The second-order valence-electron chi connectivity index (χ2n) is 10.6. The second kappa shape index (κ2) is 9.77. The van der Waals surface area contributed by atoms with Gasteiger partial charge in [0.15, 0.2) is 5.78 Å². The fraction of sp³-hybridized carbons (Fsp3) is 0.414. The van der Waals surface area contributed by atoms with Gasteiger partial charge in [0, 0.05) is 27.0 Å². The molecule has 1 unspecified atom stereocenters. The van der Waals surface area contributed by atoms with E-state index in [1.165, 1.54) is 0 Å². The van der Waals surface area contributed by atoms with E-state index in [1.54, 1.807) is 18.3 Å². The second-order valence-corrected chi connectivity index (χ2v) is 12.6. The van der Waals surface area contributed by atoms with E-state index in [2.05, 4.69) is 35.8 Å². The van der Waals surface area contributed by atoms with Crippen LogP contribution in [0.5, 0.6) is 0 Å². The molecular weight excluding hydrogens is 550 g/mol. The van der Waals surface area contributed by atoms with E-state index >= 15 is 0 Å². The third kappa shape index (κ3) is 4.42. The van der Waals surface area contributed by atoms with Crippen molar-refractivity contribution in [1.82, 2.24) is 0 Å². The number of fused-ring (bicyclic) bond motifs is 1. The Kier molecular flexibility index (Phi) is 6.80. The third-order valence-electron chi connectivity index (χ3n) is 7.42. The number of nitriles is 1. The van der Waals surface area contributed by atoms with E-state index in [1.807, 2.05) is 29.2 Å². The molecule has 2 aromatic rings. The lowest BCUT2D eigenvalue weighted by Gasteiger charge is -2.43. The van der Waals surface area contributed by atoms with Crippen LogP contribution in [-0.4, -0.2) is 18.4 Å². The fourth-order valence-electron chi connectivity index (χ4n) is 5.85. The van der Waals surface area contributed by atoms with Crippen molar-refractivity contribution in [3.8, 4) is 6.07 Å². The lowest BCUT2D eigenvalue weighted by atomic mass is 9.68. The molecular formula is C29H30BrN3O3S. The molecule has 3 aliphatic rings. The van der Waals surface area contributed by atoms with Crippen LogP contribution in [0.3, 0.4) is 0 Å². The first-order valence-corrected chi connectivity index (χ1v) is 14.3. The molecule has 0 bridgehead atoms. The number of hydrogen-bond acceptors (Lipinski definition) is 7. The topological polar surface area (TPSA) is 96.4 Å². The number of Topliss-reactive ketones (excluding diaryl/α,β-unsaturated/α-hetero) is 1. The Morgan fingerprint density at radius 2 is 1.95 bits per heavy atom. The van der Waals surface area contributed by atoms with Gasteiger partial charge in [0.1, 0.15) is 10.8 Å². The number of carbonyl (C=O) groups excluding carboxylic acids is 2. The quantitative estimate of drug-likeness (QED) is 0.415. The number of thiophene rings is 1. The summed E-state index contributed by atoms with van der Waals surface area (Å²) in [5, 5.41) is 11.0. The van der Waals surface area contributed by atoms with Gasteiger partial charge in [0.05, 0.1) is 29.7 Å². The average molecular weight is 581 g/mol. The van der Waals surface area contributed by atoms with Crippen LogP contribution in [0.4, 0.5) is 5.00 Å². The van der Waals surface area contributed by atoms with Crippen LogP contribution < -0.4 is 10.6 Å². The molecule has 0 spiro atoms. The number of rotatable bonds is 4. The summed E-state index contributed by atoms with van der Waals surface area (Å²) in [6.45, 7) is 6.22. The standard InChI is InChI=1S/C29H30BrN3O3S/c1-4-36-28(35)24-18-7-5-6-8-22(18)37-27(24)33-20-13-29(2,3)14-21(34)25(20)23(19(15-31)26(33)32)16-9-11-17(30)12-10-16/h9-12,23H,4-8,13-14,32H2,1-3H3. The highest BCUT2D eigenvalue weighted by Gasteiger charge is 2.46. The average Bonchev–Trinajstić information content (AvgIpc) is 3.22. The first kappa shape index (κ1) is 25.7. The van der Waals surface area contributed by atoms with E-state index in [-0.39, 0.29) is 29.6 Å². The van der Waals surface area contributed by atoms with E-state index in [0.29, 0.717) is 34.6 Å². The van der Waals surface area contributed by atoms with Gasteiger partial charge in [-0.15, -0.1) is 11.3 Å². The minimum Gasteiger partial charge on any atom is -0.462 e. The molecule has 37 heavy (non-hydrogen) atoms. The van der Waals surface area contributed by atoms with E-state index < -0.39 is 5.92 Å². The van der Waals surface area contributed by atoms with Gasteiger partial charge in [0.25, 0.3) is 0 Å². The molecule has 0 fully saturated rings. The van der Waals surface area contributed by atoms with Crippen LogP contribution in [0.25, 0.3) is 0 Å². The lowest BCUT2D eigenvalue weighted by molar-refractivity contribution is -0.118. The highest BCUT2D eigenvalue weighted by atomic mass is 79.9. The summed E-state index contributed by atoms with van der Waals surface area (Å²) < 4.78 is 6.42. The number of nitrogens with two attached hydrogens (primary N) is 1. The highest BCUT2D eigenvalue weighted by Crippen LogP contribution is 2.53. The maximum atomic E-state index is 13.8. The number of aryl methyl sites for hydroxylation is 1. The van der Waals surface area contributed by atoms with Crippen molar-refractivity contribution in [2.45, 2.75) is 65.2 Å². The largest absolute Gasteiger partial charge is 0.462 e. The van der Waals surface area contributed by atoms with E-state index in [9.17, 15) is 14.9 Å². The van der Waals surface area contributed by atoms with E-state index in [0.717, 1.165) is 51.9 Å². The van der Waals surface area contributed by atoms with Gasteiger partial charge in [-0.3, -0.25) is 9.69 Å². The molecule has 5 rings (SSSR count). The molecule has 1 atom stereocenters.